The predicted molar refractivity (Wildman–Crippen MR) is 210 cm³/mol. The molecule has 8 N–H and O–H groups in total. The van der Waals surface area contributed by atoms with Gasteiger partial charge in [-0.2, -0.15) is 0 Å². The van der Waals surface area contributed by atoms with Crippen molar-refractivity contribution in [3.8, 4) is 27.3 Å². The molecule has 1 aromatic carbocycles. The van der Waals surface area contributed by atoms with E-state index >= 15 is 0 Å². The molecule has 1 aliphatic heterocycles. The molecule has 0 saturated heterocycles. The third-order valence-corrected chi connectivity index (χ3v) is 14.9. The quantitative estimate of drug-likeness (QED) is 0.0575. The maximum Gasteiger partial charge on any atom is 0.188 e. The smallest absolute Gasteiger partial charge is 0.188 e. The van der Waals surface area contributed by atoms with Crippen LogP contribution in [0.2, 0.25) is 0 Å². The summed E-state index contributed by atoms with van der Waals surface area (Å²) in [4.78, 5) is 23.0. The Balaban J connectivity index is 1.22. The Morgan fingerprint density at radius 2 is 1.92 bits per heavy atom. The average molecular weight is 743 g/mol. The molecule has 0 amide bonds. The van der Waals surface area contributed by atoms with Crippen LogP contribution in [0.5, 0.6) is 5.75 Å². The van der Waals surface area contributed by atoms with Crippen molar-refractivity contribution in [2.75, 3.05) is 19.0 Å². The van der Waals surface area contributed by atoms with Gasteiger partial charge in [0, 0.05) is 40.0 Å². The lowest BCUT2D eigenvalue weighted by Crippen LogP contribution is -2.60. The molecule has 3 heterocycles. The van der Waals surface area contributed by atoms with Gasteiger partial charge in [-0.3, -0.25) is 9.79 Å². The molecule has 7 rings (SSSR count). The number of rotatable bonds is 10. The summed E-state index contributed by atoms with van der Waals surface area (Å²) in [6.45, 7) is 3.28. The number of guanidine groups is 1. The van der Waals surface area contributed by atoms with Gasteiger partial charge in [0.05, 0.1) is 34.6 Å². The number of Topliss-reactive ketones (excluding diaryl/α,β-unsaturated/α-hetero) is 1. The minimum atomic E-state index is -0.818. The molecule has 11 heteroatoms. The number of ketones is 1. The Morgan fingerprint density at radius 1 is 1.15 bits per heavy atom. The van der Waals surface area contributed by atoms with E-state index < -0.39 is 12.2 Å². The van der Waals surface area contributed by atoms with Gasteiger partial charge in [-0.15, -0.1) is 28.6 Å². The van der Waals surface area contributed by atoms with Crippen LogP contribution >= 0.6 is 22.7 Å². The van der Waals surface area contributed by atoms with E-state index in [1.165, 1.54) is 0 Å². The standard InChI is InChI=1S/C41H50N4O5S2/c1-4-5-27-6-9-34(51-27)35-10-11-36(52-35)38(50)29-13-15-40(14-12-26-19-25(33(49)21-46)20-41(26,29)22-40)37(45-39(42)43-3)18-24-16-31-28(32(48)17-24)7-8-30(44-31)23(2)47/h6-11,16-17,23,25-26,29-30,33,37,44,46-49H,12-15,18-22H2,1-3H3,(H3,42,43,45). The fourth-order valence-corrected chi connectivity index (χ4v) is 12.1. The number of fused-ring (bicyclic) bond motifs is 2. The molecule has 2 aromatic heterocycles. The Kier molecular flexibility index (Phi) is 10.3. The van der Waals surface area contributed by atoms with Gasteiger partial charge in [0.15, 0.2) is 11.7 Å². The Labute approximate surface area is 314 Å². The van der Waals surface area contributed by atoms with Crippen LogP contribution in [0, 0.1) is 40.4 Å². The number of benzene rings is 1. The molecule has 1 spiro atoms. The van der Waals surface area contributed by atoms with Crippen molar-refractivity contribution < 1.29 is 25.2 Å². The first-order valence-electron chi connectivity index (χ1n) is 18.4. The topological polar surface area (TPSA) is 160 Å². The molecule has 9 atom stereocenters. The number of aliphatic hydroxyl groups excluding tert-OH is 3. The van der Waals surface area contributed by atoms with Gasteiger partial charge in [-0.05, 0) is 130 Å². The first-order chi connectivity index (χ1) is 25.0. The summed E-state index contributed by atoms with van der Waals surface area (Å²) in [7, 11) is 1.67. The van der Waals surface area contributed by atoms with E-state index in [1.807, 2.05) is 37.3 Å². The number of aliphatic hydroxyl groups is 3. The molecule has 9 unspecified atom stereocenters. The van der Waals surface area contributed by atoms with Gasteiger partial charge >= 0.3 is 0 Å². The second-order valence-electron chi connectivity index (χ2n) is 15.5. The van der Waals surface area contributed by atoms with Crippen molar-refractivity contribution in [1.29, 1.82) is 0 Å². The van der Waals surface area contributed by atoms with Crippen LogP contribution in [0.4, 0.5) is 5.69 Å². The maximum absolute atomic E-state index is 14.7. The maximum atomic E-state index is 14.7. The summed E-state index contributed by atoms with van der Waals surface area (Å²) < 4.78 is 0. The van der Waals surface area contributed by atoms with Gasteiger partial charge in [0.1, 0.15) is 5.75 Å². The zero-order valence-electron chi connectivity index (χ0n) is 30.1. The average Bonchev–Trinajstić information content (AvgIpc) is 3.90. The van der Waals surface area contributed by atoms with Crippen molar-refractivity contribution in [2.45, 2.75) is 89.5 Å². The van der Waals surface area contributed by atoms with Gasteiger partial charge in [-0.25, -0.2) is 0 Å². The largest absolute Gasteiger partial charge is 0.507 e. The number of anilines is 1. The van der Waals surface area contributed by atoms with Crippen LogP contribution in [0.1, 0.15) is 84.5 Å². The SMILES string of the molecule is CC#Cc1ccc(-c2ccc(C(=O)C3CCC4(C(Cc5cc(O)c6c(c5)NC(C(C)O)C=C6)NC(N)=NC)CCC5CC(C(O)CO)CC53C4)s2)s1. The third kappa shape index (κ3) is 6.69. The molecule has 276 valence electrons. The number of nitrogens with two attached hydrogens (primary N) is 1. The summed E-state index contributed by atoms with van der Waals surface area (Å²) in [5.41, 5.74) is 8.26. The molecule has 9 nitrogen and oxygen atoms in total. The van der Waals surface area contributed by atoms with E-state index in [0.29, 0.717) is 24.4 Å². The van der Waals surface area contributed by atoms with Gasteiger partial charge in [0.25, 0.3) is 0 Å². The fourth-order valence-electron chi connectivity index (χ4n) is 10.1. The van der Waals surface area contributed by atoms with E-state index in [9.17, 15) is 25.2 Å². The van der Waals surface area contributed by atoms with E-state index in [2.05, 4.69) is 45.7 Å². The number of carbonyl (C=O) groups excluding carboxylic acids is 1. The number of thiophene rings is 2. The number of phenolic OH excluding ortho intramolecular Hbond substituents is 1. The summed E-state index contributed by atoms with van der Waals surface area (Å²) >= 11 is 3.19. The number of aliphatic imine (C=N–C) groups is 1. The number of hydrogen-bond donors (Lipinski definition) is 7. The summed E-state index contributed by atoms with van der Waals surface area (Å²) in [5, 5.41) is 49.3. The molecular weight excluding hydrogens is 693 g/mol. The van der Waals surface area contributed by atoms with Crippen molar-refractivity contribution in [3.05, 3.63) is 63.4 Å². The predicted octanol–water partition coefficient (Wildman–Crippen LogP) is 6.02. The van der Waals surface area contributed by atoms with Crippen LogP contribution in [-0.2, 0) is 6.42 Å². The third-order valence-electron chi connectivity index (χ3n) is 12.6. The highest BCUT2D eigenvalue weighted by atomic mass is 32.1. The van der Waals surface area contributed by atoms with E-state index in [0.717, 1.165) is 69.3 Å². The van der Waals surface area contributed by atoms with Crippen molar-refractivity contribution in [2.24, 2.45) is 39.3 Å². The molecule has 3 fully saturated rings. The Morgan fingerprint density at radius 3 is 2.67 bits per heavy atom. The first-order valence-corrected chi connectivity index (χ1v) is 20.1. The lowest BCUT2D eigenvalue weighted by molar-refractivity contribution is -0.0786. The monoisotopic (exact) mass is 742 g/mol. The number of carbonyl (C=O) groups is 1. The van der Waals surface area contributed by atoms with Crippen LogP contribution in [0.15, 0.2) is 47.5 Å². The highest BCUT2D eigenvalue weighted by molar-refractivity contribution is 7.23. The zero-order chi connectivity index (χ0) is 36.8. The Hall–Kier alpha value is -3.66. The summed E-state index contributed by atoms with van der Waals surface area (Å²) in [6.07, 6.45) is 8.57. The van der Waals surface area contributed by atoms with Crippen molar-refractivity contribution >= 4 is 46.2 Å². The second kappa shape index (κ2) is 14.6. The molecule has 4 aliphatic rings. The van der Waals surface area contributed by atoms with Gasteiger partial charge < -0.3 is 36.8 Å². The highest BCUT2D eigenvalue weighted by Crippen LogP contribution is 2.69. The van der Waals surface area contributed by atoms with Gasteiger partial charge in [-0.1, -0.05) is 18.1 Å². The molecule has 3 saturated carbocycles. The van der Waals surface area contributed by atoms with Crippen LogP contribution < -0.4 is 16.4 Å². The number of nitrogens with zero attached hydrogens (tertiary/aromatic N) is 1. The lowest BCUT2D eigenvalue weighted by atomic mass is 9.45. The molecule has 52 heavy (non-hydrogen) atoms. The molecule has 3 aromatic rings. The minimum Gasteiger partial charge on any atom is -0.507 e. The van der Waals surface area contributed by atoms with Crippen molar-refractivity contribution in [3.63, 3.8) is 0 Å². The van der Waals surface area contributed by atoms with Gasteiger partial charge in [0.2, 0.25) is 0 Å². The highest BCUT2D eigenvalue weighted by Gasteiger charge is 2.64. The number of phenols is 1. The zero-order valence-corrected chi connectivity index (χ0v) is 31.7. The van der Waals surface area contributed by atoms with Crippen LogP contribution in [-0.4, -0.2) is 70.1 Å². The van der Waals surface area contributed by atoms with Crippen LogP contribution in [0.3, 0.4) is 0 Å². The Bertz CT molecular complexity index is 1940. The van der Waals surface area contributed by atoms with E-state index in [1.54, 1.807) is 36.6 Å². The molecule has 0 radical (unpaired) electrons. The van der Waals surface area contributed by atoms with E-state index in [-0.39, 0.29) is 58.8 Å². The first kappa shape index (κ1) is 36.7. The number of hydrogen-bond acceptors (Lipinski definition) is 9. The number of nitrogens with one attached hydrogen (secondary N) is 2. The van der Waals surface area contributed by atoms with Crippen molar-refractivity contribution in [1.82, 2.24) is 5.32 Å². The normalized spacial score (nSPS) is 29.5. The molecule has 2 bridgehead atoms. The lowest BCUT2D eigenvalue weighted by Gasteiger charge is -2.60. The fraction of sp³-hybridized carbons (Fsp3) is 0.512. The van der Waals surface area contributed by atoms with E-state index in [4.69, 9.17) is 5.73 Å². The second-order valence-corrected chi connectivity index (χ2v) is 17.6. The molecule has 3 aliphatic carbocycles. The summed E-state index contributed by atoms with van der Waals surface area (Å²) in [5.74, 6) is 6.78. The minimum absolute atomic E-state index is 0.0745. The number of aromatic hydroxyl groups is 1. The summed E-state index contributed by atoms with van der Waals surface area (Å²) in [6, 6.07) is 11.6. The molecular formula is C41H50N4O5S2. The van der Waals surface area contributed by atoms with Crippen LogP contribution in [0.25, 0.3) is 15.8 Å².